The van der Waals surface area contributed by atoms with Crippen LogP contribution in [0.5, 0.6) is 0 Å². The van der Waals surface area contributed by atoms with Crippen LogP contribution in [0.2, 0.25) is 0 Å². The molecule has 0 bridgehead atoms. The van der Waals surface area contributed by atoms with E-state index in [2.05, 4.69) is 24.1 Å². The van der Waals surface area contributed by atoms with Crippen LogP contribution < -0.4 is 5.32 Å². The van der Waals surface area contributed by atoms with Gasteiger partial charge in [0.25, 0.3) is 0 Å². The van der Waals surface area contributed by atoms with Crippen LogP contribution in [0.3, 0.4) is 0 Å². The van der Waals surface area contributed by atoms with E-state index in [0.717, 1.165) is 13.1 Å². The Bertz CT molecular complexity index is 334. The van der Waals surface area contributed by atoms with Gasteiger partial charge in [0, 0.05) is 25.7 Å². The highest BCUT2D eigenvalue weighted by Crippen LogP contribution is 2.14. The molecule has 2 fully saturated rings. The van der Waals surface area contributed by atoms with Crippen molar-refractivity contribution >= 4 is 11.9 Å². The van der Waals surface area contributed by atoms with Crippen molar-refractivity contribution < 1.29 is 24.5 Å². The zero-order valence-electron chi connectivity index (χ0n) is 13.5. The molecule has 2 rings (SSSR count). The normalized spacial score (nSPS) is 29.8. The van der Waals surface area contributed by atoms with E-state index in [9.17, 15) is 0 Å². The van der Waals surface area contributed by atoms with E-state index in [-0.39, 0.29) is 0 Å². The SMILES string of the molecule is CC1CN(CC2CCCCCN2)CC(C)O1.O=C(O)C(=O)O. The third-order valence-corrected chi connectivity index (χ3v) is 3.82. The van der Waals surface area contributed by atoms with Crippen LogP contribution in [0.15, 0.2) is 0 Å². The summed E-state index contributed by atoms with van der Waals surface area (Å²) in [5.41, 5.74) is 0. The monoisotopic (exact) mass is 316 g/mol. The van der Waals surface area contributed by atoms with Crippen LogP contribution in [-0.4, -0.2) is 71.5 Å². The number of carbonyl (C=O) groups is 2. The number of nitrogens with zero attached hydrogens (tertiary/aromatic N) is 1. The summed E-state index contributed by atoms with van der Waals surface area (Å²) in [5, 5.41) is 18.5. The van der Waals surface area contributed by atoms with Crippen LogP contribution in [-0.2, 0) is 14.3 Å². The van der Waals surface area contributed by atoms with Gasteiger partial charge >= 0.3 is 11.9 Å². The Morgan fingerprint density at radius 3 is 2.23 bits per heavy atom. The molecule has 0 amide bonds. The van der Waals surface area contributed by atoms with Crippen LogP contribution in [0.25, 0.3) is 0 Å². The van der Waals surface area contributed by atoms with Crippen molar-refractivity contribution in [3.8, 4) is 0 Å². The summed E-state index contributed by atoms with van der Waals surface area (Å²) in [7, 11) is 0. The predicted octanol–water partition coefficient (Wildman–Crippen LogP) is 0.783. The summed E-state index contributed by atoms with van der Waals surface area (Å²) in [6.45, 7) is 8.98. The molecule has 128 valence electrons. The van der Waals surface area contributed by atoms with Gasteiger partial charge in [-0.05, 0) is 33.2 Å². The quantitative estimate of drug-likeness (QED) is 0.648. The van der Waals surface area contributed by atoms with Crippen molar-refractivity contribution in [1.82, 2.24) is 10.2 Å². The molecule has 7 nitrogen and oxygen atoms in total. The molecule has 0 spiro atoms. The number of carboxylic acids is 2. The molecular formula is C15H28N2O5. The van der Waals surface area contributed by atoms with Crippen molar-refractivity contribution in [2.24, 2.45) is 0 Å². The highest BCUT2D eigenvalue weighted by atomic mass is 16.5. The van der Waals surface area contributed by atoms with E-state index in [4.69, 9.17) is 24.5 Å². The number of aliphatic carboxylic acids is 2. The first-order valence-corrected chi connectivity index (χ1v) is 7.96. The molecule has 3 unspecified atom stereocenters. The average molecular weight is 316 g/mol. The summed E-state index contributed by atoms with van der Waals surface area (Å²) >= 11 is 0. The third kappa shape index (κ3) is 7.72. The second-order valence-corrected chi connectivity index (χ2v) is 6.09. The molecular weight excluding hydrogens is 288 g/mol. The van der Waals surface area contributed by atoms with Crippen molar-refractivity contribution in [1.29, 1.82) is 0 Å². The van der Waals surface area contributed by atoms with E-state index in [1.54, 1.807) is 0 Å². The second-order valence-electron chi connectivity index (χ2n) is 6.09. The molecule has 3 N–H and O–H groups in total. The Kier molecular flexibility index (Phi) is 8.37. The van der Waals surface area contributed by atoms with E-state index in [0.29, 0.717) is 18.2 Å². The lowest BCUT2D eigenvalue weighted by molar-refractivity contribution is -0.159. The summed E-state index contributed by atoms with van der Waals surface area (Å²) in [6.07, 6.45) is 6.29. The van der Waals surface area contributed by atoms with Gasteiger partial charge < -0.3 is 20.3 Å². The maximum absolute atomic E-state index is 9.10. The minimum Gasteiger partial charge on any atom is -0.473 e. The number of ether oxygens (including phenoxy) is 1. The topological polar surface area (TPSA) is 99.1 Å². The van der Waals surface area contributed by atoms with E-state index < -0.39 is 11.9 Å². The van der Waals surface area contributed by atoms with Gasteiger partial charge in [-0.15, -0.1) is 0 Å². The van der Waals surface area contributed by atoms with E-state index in [1.807, 2.05) is 0 Å². The molecule has 0 radical (unpaired) electrons. The fraction of sp³-hybridized carbons (Fsp3) is 0.867. The van der Waals surface area contributed by atoms with Gasteiger partial charge in [-0.2, -0.15) is 0 Å². The van der Waals surface area contributed by atoms with E-state index >= 15 is 0 Å². The van der Waals surface area contributed by atoms with Gasteiger partial charge in [0.05, 0.1) is 12.2 Å². The van der Waals surface area contributed by atoms with E-state index in [1.165, 1.54) is 38.8 Å². The van der Waals surface area contributed by atoms with Gasteiger partial charge in [-0.1, -0.05) is 12.8 Å². The molecule has 7 heteroatoms. The lowest BCUT2D eigenvalue weighted by atomic mass is 10.1. The molecule has 2 aliphatic heterocycles. The van der Waals surface area contributed by atoms with Crippen LogP contribution in [0.4, 0.5) is 0 Å². The Morgan fingerprint density at radius 2 is 1.68 bits per heavy atom. The fourth-order valence-corrected chi connectivity index (χ4v) is 3.00. The zero-order valence-corrected chi connectivity index (χ0v) is 13.5. The van der Waals surface area contributed by atoms with Gasteiger partial charge in [-0.25, -0.2) is 9.59 Å². The first-order chi connectivity index (χ1) is 10.4. The van der Waals surface area contributed by atoms with Crippen LogP contribution >= 0.6 is 0 Å². The van der Waals surface area contributed by atoms with Crippen LogP contribution in [0, 0.1) is 0 Å². The zero-order chi connectivity index (χ0) is 16.5. The van der Waals surface area contributed by atoms with Crippen molar-refractivity contribution in [3.63, 3.8) is 0 Å². The minimum absolute atomic E-state index is 0.398. The lowest BCUT2D eigenvalue weighted by Gasteiger charge is -2.37. The molecule has 0 aromatic carbocycles. The van der Waals surface area contributed by atoms with Crippen molar-refractivity contribution in [2.45, 2.75) is 57.8 Å². The number of morpholine rings is 1. The maximum Gasteiger partial charge on any atom is 0.414 e. The number of rotatable bonds is 2. The van der Waals surface area contributed by atoms with Gasteiger partial charge in [0.2, 0.25) is 0 Å². The molecule has 3 atom stereocenters. The molecule has 0 aromatic heterocycles. The Hall–Kier alpha value is -1.18. The Morgan fingerprint density at radius 1 is 1.09 bits per heavy atom. The maximum atomic E-state index is 9.10. The number of nitrogens with one attached hydrogen (secondary N) is 1. The second kappa shape index (κ2) is 9.76. The highest BCUT2D eigenvalue weighted by Gasteiger charge is 2.24. The summed E-state index contributed by atoms with van der Waals surface area (Å²) in [6, 6.07) is 0.708. The van der Waals surface area contributed by atoms with Crippen LogP contribution in [0.1, 0.15) is 39.5 Å². The smallest absolute Gasteiger partial charge is 0.414 e. The summed E-state index contributed by atoms with van der Waals surface area (Å²) in [4.78, 5) is 20.8. The Balaban J connectivity index is 0.000000346. The average Bonchev–Trinajstić information content (AvgIpc) is 2.66. The first kappa shape index (κ1) is 18.9. The molecule has 0 aliphatic carbocycles. The van der Waals surface area contributed by atoms with Gasteiger partial charge in [0.15, 0.2) is 0 Å². The molecule has 22 heavy (non-hydrogen) atoms. The van der Waals surface area contributed by atoms with Gasteiger partial charge in [-0.3, -0.25) is 4.90 Å². The fourth-order valence-electron chi connectivity index (χ4n) is 3.00. The summed E-state index contributed by atoms with van der Waals surface area (Å²) < 4.78 is 5.77. The predicted molar refractivity (Wildman–Crippen MR) is 82.0 cm³/mol. The molecule has 2 aliphatic rings. The largest absolute Gasteiger partial charge is 0.473 e. The Labute approximate surface area is 131 Å². The minimum atomic E-state index is -1.82. The van der Waals surface area contributed by atoms with Crippen molar-refractivity contribution in [3.05, 3.63) is 0 Å². The summed E-state index contributed by atoms with van der Waals surface area (Å²) in [5.74, 6) is -3.65. The first-order valence-electron chi connectivity index (χ1n) is 7.96. The number of hydrogen-bond acceptors (Lipinski definition) is 5. The van der Waals surface area contributed by atoms with Gasteiger partial charge in [0.1, 0.15) is 0 Å². The highest BCUT2D eigenvalue weighted by molar-refractivity contribution is 6.27. The van der Waals surface area contributed by atoms with Crippen molar-refractivity contribution in [2.75, 3.05) is 26.2 Å². The lowest BCUT2D eigenvalue weighted by Crippen LogP contribution is -2.50. The third-order valence-electron chi connectivity index (χ3n) is 3.82. The molecule has 0 saturated carbocycles. The number of carboxylic acid groups (broad SMARTS) is 2. The number of hydrogen-bond donors (Lipinski definition) is 3. The standard InChI is InChI=1S/C13H26N2O.C2H2O4/c1-11-8-15(9-12(2)16-11)10-13-6-4-3-5-7-14-13;3-1(4)2(5)6/h11-14H,3-10H2,1-2H3;(H,3,4)(H,5,6). The molecule has 2 saturated heterocycles. The molecule has 2 heterocycles. The molecule has 0 aromatic rings.